The number of carboxylic acid groups (broad SMARTS) is 2. The highest BCUT2D eigenvalue weighted by Crippen LogP contribution is 2.27. The number of likely N-dealkylation sites (tertiary alicyclic amines) is 2. The van der Waals surface area contributed by atoms with Crippen LogP contribution in [-0.4, -0.2) is 70.2 Å². The Balaban J connectivity index is 0.000000326. The molecule has 0 atom stereocenters. The molecule has 3 aliphatic rings. The highest BCUT2D eigenvalue weighted by Gasteiger charge is 2.28. The molecule has 2 aliphatic heterocycles. The Morgan fingerprint density at radius 1 is 0.560 bits per heavy atom. The third kappa shape index (κ3) is 6.94. The second kappa shape index (κ2) is 10.8. The van der Waals surface area contributed by atoms with E-state index < -0.39 is 11.9 Å². The zero-order chi connectivity index (χ0) is 18.1. The van der Waals surface area contributed by atoms with Crippen LogP contribution in [0.2, 0.25) is 0 Å². The van der Waals surface area contributed by atoms with Crippen molar-refractivity contribution in [3.63, 3.8) is 0 Å². The molecule has 3 rings (SSSR count). The average molecular weight is 354 g/mol. The average Bonchev–Trinajstić information content (AvgIpc) is 2.92. The molecule has 0 aromatic heterocycles. The van der Waals surface area contributed by atoms with E-state index in [4.69, 9.17) is 19.8 Å². The van der Waals surface area contributed by atoms with Gasteiger partial charge in [-0.05, 0) is 64.7 Å². The number of piperidine rings is 1. The summed E-state index contributed by atoms with van der Waals surface area (Å²) in [4.78, 5) is 23.9. The van der Waals surface area contributed by atoms with Crippen LogP contribution in [0.1, 0.15) is 70.6 Å². The first kappa shape index (κ1) is 20.2. The van der Waals surface area contributed by atoms with Gasteiger partial charge < -0.3 is 20.0 Å². The Labute approximate surface area is 151 Å². The van der Waals surface area contributed by atoms with Crippen LogP contribution in [0.25, 0.3) is 0 Å². The van der Waals surface area contributed by atoms with Crippen LogP contribution in [0, 0.1) is 0 Å². The molecule has 3 fully saturated rings. The Morgan fingerprint density at radius 3 is 1.44 bits per heavy atom. The van der Waals surface area contributed by atoms with Crippen molar-refractivity contribution in [3.8, 4) is 0 Å². The van der Waals surface area contributed by atoms with Crippen molar-refractivity contribution in [1.29, 1.82) is 0 Å². The fourth-order valence-corrected chi connectivity index (χ4v) is 4.52. The maximum Gasteiger partial charge on any atom is 0.414 e. The van der Waals surface area contributed by atoms with E-state index in [1.165, 1.54) is 96.8 Å². The van der Waals surface area contributed by atoms with Gasteiger partial charge in [0, 0.05) is 12.1 Å². The molecule has 0 bridgehead atoms. The number of hydrogen-bond acceptors (Lipinski definition) is 4. The molecule has 25 heavy (non-hydrogen) atoms. The maximum atomic E-state index is 9.10. The molecule has 0 spiro atoms. The van der Waals surface area contributed by atoms with E-state index in [9.17, 15) is 0 Å². The Hall–Kier alpha value is -1.14. The van der Waals surface area contributed by atoms with Gasteiger partial charge in [-0.3, -0.25) is 0 Å². The standard InChI is InChI=1S/C17H32N2.C2H2O4/c1-2-7-13-18(12-6-1)17-10-14-19(15-11-17)16-8-4-3-5-9-16;3-1(4)2(5)6/h16-17H,1-15H2;(H,3,4)(H,5,6). The van der Waals surface area contributed by atoms with Gasteiger partial charge in [0.1, 0.15) is 0 Å². The van der Waals surface area contributed by atoms with Crippen LogP contribution in [0.3, 0.4) is 0 Å². The lowest BCUT2D eigenvalue weighted by Gasteiger charge is -2.42. The monoisotopic (exact) mass is 354 g/mol. The Kier molecular flexibility index (Phi) is 8.68. The van der Waals surface area contributed by atoms with Crippen LogP contribution in [-0.2, 0) is 9.59 Å². The van der Waals surface area contributed by atoms with Crippen molar-refractivity contribution >= 4 is 11.9 Å². The number of carboxylic acids is 2. The molecule has 6 heteroatoms. The van der Waals surface area contributed by atoms with Gasteiger partial charge in [-0.15, -0.1) is 0 Å². The summed E-state index contributed by atoms with van der Waals surface area (Å²) in [6.07, 6.45) is 16.1. The SMILES string of the molecule is C1CCC(N2CCC(N3CCCCCC3)CC2)CC1.O=C(O)C(=O)O. The summed E-state index contributed by atoms with van der Waals surface area (Å²) in [5, 5.41) is 14.8. The van der Waals surface area contributed by atoms with Crippen molar-refractivity contribution < 1.29 is 19.8 Å². The lowest BCUT2D eigenvalue weighted by Crippen LogP contribution is -2.48. The smallest absolute Gasteiger partial charge is 0.414 e. The second-order valence-corrected chi connectivity index (χ2v) is 7.62. The van der Waals surface area contributed by atoms with Crippen molar-refractivity contribution in [3.05, 3.63) is 0 Å². The van der Waals surface area contributed by atoms with Crippen LogP contribution < -0.4 is 0 Å². The van der Waals surface area contributed by atoms with Gasteiger partial charge in [-0.2, -0.15) is 0 Å². The molecule has 0 aromatic carbocycles. The predicted molar refractivity (Wildman–Crippen MR) is 96.8 cm³/mol. The van der Waals surface area contributed by atoms with Gasteiger partial charge in [0.15, 0.2) is 0 Å². The molecule has 144 valence electrons. The molecule has 6 nitrogen and oxygen atoms in total. The van der Waals surface area contributed by atoms with Crippen LogP contribution in [0.5, 0.6) is 0 Å². The van der Waals surface area contributed by atoms with E-state index in [1.54, 1.807) is 0 Å². The molecule has 0 unspecified atom stereocenters. The van der Waals surface area contributed by atoms with Gasteiger partial charge in [0.2, 0.25) is 0 Å². The summed E-state index contributed by atoms with van der Waals surface area (Å²) < 4.78 is 0. The highest BCUT2D eigenvalue weighted by molar-refractivity contribution is 6.27. The molecule has 0 aromatic rings. The summed E-state index contributed by atoms with van der Waals surface area (Å²) in [5.41, 5.74) is 0. The molecule has 2 heterocycles. The van der Waals surface area contributed by atoms with E-state index >= 15 is 0 Å². The van der Waals surface area contributed by atoms with E-state index in [2.05, 4.69) is 9.80 Å². The number of hydrogen-bond donors (Lipinski definition) is 2. The lowest BCUT2D eigenvalue weighted by atomic mass is 9.92. The second-order valence-electron chi connectivity index (χ2n) is 7.62. The topological polar surface area (TPSA) is 81.1 Å². The quantitative estimate of drug-likeness (QED) is 0.742. The summed E-state index contributed by atoms with van der Waals surface area (Å²) in [7, 11) is 0. The van der Waals surface area contributed by atoms with Crippen molar-refractivity contribution in [1.82, 2.24) is 9.80 Å². The number of aliphatic carboxylic acids is 2. The zero-order valence-electron chi connectivity index (χ0n) is 15.4. The normalized spacial score (nSPS) is 24.8. The van der Waals surface area contributed by atoms with Gasteiger partial charge in [0.25, 0.3) is 0 Å². The Bertz CT molecular complexity index is 396. The summed E-state index contributed by atoms with van der Waals surface area (Å²) in [5.74, 6) is -3.65. The predicted octanol–water partition coefficient (Wildman–Crippen LogP) is 2.82. The summed E-state index contributed by atoms with van der Waals surface area (Å²) in [6.45, 7) is 5.53. The summed E-state index contributed by atoms with van der Waals surface area (Å²) in [6, 6.07) is 1.86. The first-order valence-electron chi connectivity index (χ1n) is 10.0. The van der Waals surface area contributed by atoms with Crippen LogP contribution >= 0.6 is 0 Å². The fourth-order valence-electron chi connectivity index (χ4n) is 4.52. The molecule has 1 aliphatic carbocycles. The molecular weight excluding hydrogens is 320 g/mol. The highest BCUT2D eigenvalue weighted by atomic mass is 16.4. The summed E-state index contributed by atoms with van der Waals surface area (Å²) >= 11 is 0. The minimum absolute atomic E-state index is 0.915. The van der Waals surface area contributed by atoms with Crippen LogP contribution in [0.4, 0.5) is 0 Å². The molecular formula is C19H34N2O4. The number of nitrogens with zero attached hydrogens (tertiary/aromatic N) is 2. The zero-order valence-corrected chi connectivity index (χ0v) is 15.4. The van der Waals surface area contributed by atoms with Crippen molar-refractivity contribution in [2.45, 2.75) is 82.7 Å². The molecule has 0 radical (unpaired) electrons. The van der Waals surface area contributed by atoms with Gasteiger partial charge >= 0.3 is 11.9 Å². The van der Waals surface area contributed by atoms with Crippen LogP contribution in [0.15, 0.2) is 0 Å². The Morgan fingerprint density at radius 2 is 0.960 bits per heavy atom. The van der Waals surface area contributed by atoms with Gasteiger partial charge in [0.05, 0.1) is 0 Å². The first-order valence-corrected chi connectivity index (χ1v) is 10.0. The van der Waals surface area contributed by atoms with Gasteiger partial charge in [-0.25, -0.2) is 9.59 Å². The number of carbonyl (C=O) groups is 2. The molecule has 2 N–H and O–H groups in total. The lowest BCUT2D eigenvalue weighted by molar-refractivity contribution is -0.159. The maximum absolute atomic E-state index is 9.10. The van der Waals surface area contributed by atoms with E-state index in [1.807, 2.05) is 0 Å². The molecule has 0 amide bonds. The van der Waals surface area contributed by atoms with Gasteiger partial charge in [-0.1, -0.05) is 32.1 Å². The third-order valence-electron chi connectivity index (χ3n) is 5.93. The first-order chi connectivity index (χ1) is 12.1. The molecule has 2 saturated heterocycles. The largest absolute Gasteiger partial charge is 0.473 e. The fraction of sp³-hybridized carbons (Fsp3) is 0.895. The van der Waals surface area contributed by atoms with Crippen molar-refractivity contribution in [2.75, 3.05) is 26.2 Å². The van der Waals surface area contributed by atoms with E-state index in [0.29, 0.717) is 0 Å². The minimum atomic E-state index is -1.82. The van der Waals surface area contributed by atoms with Crippen molar-refractivity contribution in [2.24, 2.45) is 0 Å². The third-order valence-corrected chi connectivity index (χ3v) is 5.93. The number of rotatable bonds is 2. The van der Waals surface area contributed by atoms with E-state index in [0.717, 1.165) is 12.1 Å². The minimum Gasteiger partial charge on any atom is -0.473 e. The van der Waals surface area contributed by atoms with E-state index in [-0.39, 0.29) is 0 Å². The molecule has 1 saturated carbocycles.